The van der Waals surface area contributed by atoms with Gasteiger partial charge in [-0.3, -0.25) is 0 Å². The van der Waals surface area contributed by atoms with Gasteiger partial charge >= 0.3 is 0 Å². The van der Waals surface area contributed by atoms with E-state index in [1.54, 1.807) is 0 Å². The first-order valence-corrected chi connectivity index (χ1v) is 7.26. The van der Waals surface area contributed by atoms with Crippen LogP contribution in [0.4, 0.5) is 5.69 Å². The van der Waals surface area contributed by atoms with Crippen LogP contribution in [0.15, 0.2) is 36.4 Å². The Hall–Kier alpha value is -2.16. The van der Waals surface area contributed by atoms with Gasteiger partial charge in [-0.25, -0.2) is 0 Å². The number of anilines is 1. The second-order valence-corrected chi connectivity index (χ2v) is 5.98. The van der Waals surface area contributed by atoms with Gasteiger partial charge in [-0.05, 0) is 42.7 Å². The largest absolute Gasteiger partial charge is 0.449 e. The molecule has 3 heteroatoms. The summed E-state index contributed by atoms with van der Waals surface area (Å²) >= 11 is 0. The number of hydrogen-bond acceptors (Lipinski definition) is 3. The van der Waals surface area contributed by atoms with Crippen molar-refractivity contribution in [3.8, 4) is 11.5 Å². The predicted molar refractivity (Wildman–Crippen MR) is 85.0 cm³/mol. The Labute approximate surface area is 125 Å². The van der Waals surface area contributed by atoms with Crippen molar-refractivity contribution in [3.05, 3.63) is 53.1 Å². The topological polar surface area (TPSA) is 30.5 Å². The van der Waals surface area contributed by atoms with E-state index in [0.717, 1.165) is 23.7 Å². The molecule has 0 radical (unpaired) electrons. The molecular formula is C18H21NO2. The Kier molecular flexibility index (Phi) is 3.28. The molecule has 0 fully saturated rings. The van der Waals surface area contributed by atoms with Gasteiger partial charge in [-0.15, -0.1) is 0 Å². The van der Waals surface area contributed by atoms with Crippen molar-refractivity contribution in [1.29, 1.82) is 0 Å². The van der Waals surface area contributed by atoms with E-state index in [1.807, 2.05) is 32.0 Å². The van der Waals surface area contributed by atoms with Crippen LogP contribution >= 0.6 is 0 Å². The van der Waals surface area contributed by atoms with Crippen LogP contribution in [-0.2, 0) is 6.54 Å². The Morgan fingerprint density at radius 3 is 2.57 bits per heavy atom. The van der Waals surface area contributed by atoms with Gasteiger partial charge in [0.15, 0.2) is 11.5 Å². The molecule has 0 amide bonds. The first-order chi connectivity index (χ1) is 9.94. The normalized spacial score (nSPS) is 15.0. The van der Waals surface area contributed by atoms with Crippen LogP contribution in [-0.4, -0.2) is 5.79 Å². The van der Waals surface area contributed by atoms with Crippen molar-refractivity contribution >= 4 is 5.69 Å². The molecule has 3 rings (SSSR count). The minimum atomic E-state index is -0.575. The summed E-state index contributed by atoms with van der Waals surface area (Å²) in [7, 11) is 0. The molecule has 0 atom stereocenters. The Morgan fingerprint density at radius 1 is 1.00 bits per heavy atom. The average molecular weight is 283 g/mol. The summed E-state index contributed by atoms with van der Waals surface area (Å²) < 4.78 is 11.5. The number of fused-ring (bicyclic) bond motifs is 1. The van der Waals surface area contributed by atoms with Gasteiger partial charge in [0.2, 0.25) is 5.79 Å². The summed E-state index contributed by atoms with van der Waals surface area (Å²) in [5.74, 6) is 1.02. The first kappa shape index (κ1) is 13.8. The highest BCUT2D eigenvalue weighted by Gasteiger charge is 2.31. The third-order valence-corrected chi connectivity index (χ3v) is 3.85. The van der Waals surface area contributed by atoms with E-state index in [0.29, 0.717) is 0 Å². The summed E-state index contributed by atoms with van der Waals surface area (Å²) in [6, 6.07) is 12.4. The fourth-order valence-corrected chi connectivity index (χ4v) is 2.53. The lowest BCUT2D eigenvalue weighted by Gasteiger charge is -2.16. The number of hydrogen-bond donors (Lipinski definition) is 1. The molecule has 0 unspecified atom stereocenters. The monoisotopic (exact) mass is 283 g/mol. The first-order valence-electron chi connectivity index (χ1n) is 7.26. The molecular weight excluding hydrogens is 262 g/mol. The van der Waals surface area contributed by atoms with Gasteiger partial charge in [-0.1, -0.05) is 18.2 Å². The summed E-state index contributed by atoms with van der Waals surface area (Å²) in [5, 5.41) is 3.45. The van der Waals surface area contributed by atoms with Crippen molar-refractivity contribution in [2.24, 2.45) is 0 Å². The lowest BCUT2D eigenvalue weighted by atomic mass is 10.0. The Bertz CT molecular complexity index is 677. The Balaban J connectivity index is 1.74. The molecule has 3 nitrogen and oxygen atoms in total. The number of benzene rings is 2. The highest BCUT2D eigenvalue weighted by Crippen LogP contribution is 2.40. The van der Waals surface area contributed by atoms with Gasteiger partial charge in [0.05, 0.1) is 0 Å². The maximum Gasteiger partial charge on any atom is 0.246 e. The fraction of sp³-hybridized carbons (Fsp3) is 0.333. The maximum absolute atomic E-state index is 5.77. The quantitative estimate of drug-likeness (QED) is 0.904. The number of rotatable bonds is 3. The molecule has 1 aliphatic heterocycles. The lowest BCUT2D eigenvalue weighted by Crippen LogP contribution is -2.29. The van der Waals surface area contributed by atoms with E-state index in [2.05, 4.69) is 37.4 Å². The van der Waals surface area contributed by atoms with Crippen LogP contribution in [0.2, 0.25) is 0 Å². The zero-order chi connectivity index (χ0) is 15.0. The van der Waals surface area contributed by atoms with Crippen molar-refractivity contribution < 1.29 is 9.47 Å². The second kappa shape index (κ2) is 4.99. The van der Waals surface area contributed by atoms with Crippen molar-refractivity contribution in [2.45, 2.75) is 40.0 Å². The molecule has 21 heavy (non-hydrogen) atoms. The van der Waals surface area contributed by atoms with Crippen molar-refractivity contribution in [1.82, 2.24) is 0 Å². The molecule has 2 aromatic carbocycles. The number of ether oxygens (including phenoxy) is 2. The molecule has 0 saturated carbocycles. The highest BCUT2D eigenvalue weighted by atomic mass is 16.7. The standard InChI is InChI=1S/C18H21NO2/c1-12-6-5-7-14(13(12)2)11-19-15-8-9-16-17(10-15)21-18(3,4)20-16/h5-10,19H,11H2,1-4H3. The van der Waals surface area contributed by atoms with E-state index in [9.17, 15) is 0 Å². The summed E-state index contributed by atoms with van der Waals surface area (Å²) in [6.07, 6.45) is 0. The molecule has 0 bridgehead atoms. The molecule has 1 heterocycles. The molecule has 1 aliphatic rings. The van der Waals surface area contributed by atoms with E-state index >= 15 is 0 Å². The average Bonchev–Trinajstić information content (AvgIpc) is 2.73. The van der Waals surface area contributed by atoms with Crippen molar-refractivity contribution in [2.75, 3.05) is 5.32 Å². The molecule has 2 aromatic rings. The minimum Gasteiger partial charge on any atom is -0.449 e. The van der Waals surface area contributed by atoms with Gasteiger partial charge in [-0.2, -0.15) is 0 Å². The van der Waals surface area contributed by atoms with Crippen LogP contribution in [0.25, 0.3) is 0 Å². The number of nitrogens with one attached hydrogen (secondary N) is 1. The van der Waals surface area contributed by atoms with Crippen LogP contribution in [0, 0.1) is 13.8 Å². The number of aryl methyl sites for hydroxylation is 1. The van der Waals surface area contributed by atoms with E-state index in [-0.39, 0.29) is 0 Å². The SMILES string of the molecule is Cc1cccc(CNc2ccc3c(c2)OC(C)(C)O3)c1C. The molecule has 0 saturated heterocycles. The fourth-order valence-electron chi connectivity index (χ4n) is 2.53. The van der Waals surface area contributed by atoms with Crippen LogP contribution in [0.5, 0.6) is 11.5 Å². The van der Waals surface area contributed by atoms with Gasteiger partial charge in [0.1, 0.15) is 0 Å². The summed E-state index contributed by atoms with van der Waals surface area (Å²) in [4.78, 5) is 0. The molecule has 110 valence electrons. The third kappa shape index (κ3) is 2.82. The molecule has 0 spiro atoms. The van der Waals surface area contributed by atoms with Gasteiger partial charge in [0, 0.05) is 32.1 Å². The Morgan fingerprint density at radius 2 is 1.76 bits per heavy atom. The molecule has 1 N–H and O–H groups in total. The maximum atomic E-state index is 5.77. The molecule has 0 aliphatic carbocycles. The van der Waals surface area contributed by atoms with E-state index in [4.69, 9.17) is 9.47 Å². The van der Waals surface area contributed by atoms with E-state index < -0.39 is 5.79 Å². The van der Waals surface area contributed by atoms with Crippen LogP contribution in [0.1, 0.15) is 30.5 Å². The second-order valence-electron chi connectivity index (χ2n) is 5.98. The third-order valence-electron chi connectivity index (χ3n) is 3.85. The zero-order valence-corrected chi connectivity index (χ0v) is 13.0. The van der Waals surface area contributed by atoms with Gasteiger partial charge in [0.25, 0.3) is 0 Å². The van der Waals surface area contributed by atoms with Crippen LogP contribution < -0.4 is 14.8 Å². The summed E-state index contributed by atoms with van der Waals surface area (Å²) in [6.45, 7) is 8.93. The van der Waals surface area contributed by atoms with Crippen LogP contribution in [0.3, 0.4) is 0 Å². The smallest absolute Gasteiger partial charge is 0.246 e. The van der Waals surface area contributed by atoms with E-state index in [1.165, 1.54) is 16.7 Å². The lowest BCUT2D eigenvalue weighted by molar-refractivity contribution is -0.0431. The van der Waals surface area contributed by atoms with Gasteiger partial charge < -0.3 is 14.8 Å². The minimum absolute atomic E-state index is 0.575. The molecule has 0 aromatic heterocycles. The van der Waals surface area contributed by atoms with Crippen molar-refractivity contribution in [3.63, 3.8) is 0 Å². The zero-order valence-electron chi connectivity index (χ0n) is 13.0. The summed E-state index contributed by atoms with van der Waals surface area (Å²) in [5.41, 5.74) is 5.01. The predicted octanol–water partition coefficient (Wildman–Crippen LogP) is 4.42. The highest BCUT2D eigenvalue weighted by molar-refractivity contribution is 5.56.